The number of rotatable bonds is 4. The number of alkyl halides is 1. The molecule has 0 saturated heterocycles. The maximum Gasteiger partial charge on any atom is 0.313 e. The highest BCUT2D eigenvalue weighted by Crippen LogP contribution is 2.38. The van der Waals surface area contributed by atoms with Crippen molar-refractivity contribution >= 4 is 5.97 Å². The third-order valence-corrected chi connectivity index (χ3v) is 3.42. The Morgan fingerprint density at radius 2 is 2.00 bits per heavy atom. The van der Waals surface area contributed by atoms with E-state index in [1.165, 1.54) is 0 Å². The van der Waals surface area contributed by atoms with Gasteiger partial charge in [-0.3, -0.25) is 4.79 Å². The van der Waals surface area contributed by atoms with Gasteiger partial charge in [0.05, 0.1) is 0 Å². The predicted molar refractivity (Wildman–Crippen MR) is 51.7 cm³/mol. The molecule has 1 atom stereocenters. The van der Waals surface area contributed by atoms with Crippen molar-refractivity contribution in [3.05, 3.63) is 0 Å². The fraction of sp³-hybridized carbons (Fsp3) is 0.900. The van der Waals surface area contributed by atoms with Gasteiger partial charge in [-0.15, -0.1) is 0 Å². The van der Waals surface area contributed by atoms with E-state index in [0.29, 0.717) is 0 Å². The van der Waals surface area contributed by atoms with Gasteiger partial charge in [-0.25, -0.2) is 4.39 Å². The molecule has 1 aliphatic carbocycles. The van der Waals surface area contributed by atoms with Crippen molar-refractivity contribution in [2.45, 2.75) is 32.1 Å². The minimum absolute atomic E-state index is 0.0799. The molecule has 3 N–H and O–H groups in total. The first-order valence-electron chi connectivity index (χ1n) is 5.17. The Balaban J connectivity index is 2.78. The van der Waals surface area contributed by atoms with Gasteiger partial charge < -0.3 is 10.8 Å². The van der Waals surface area contributed by atoms with Gasteiger partial charge in [0.25, 0.3) is 0 Å². The molecule has 1 saturated carbocycles. The lowest BCUT2D eigenvalue weighted by atomic mass is 9.69. The molecule has 1 aliphatic rings. The van der Waals surface area contributed by atoms with E-state index in [-0.39, 0.29) is 12.5 Å². The predicted octanol–water partition coefficient (Wildman–Crippen LogP) is 1.57. The first kappa shape index (κ1) is 11.4. The summed E-state index contributed by atoms with van der Waals surface area (Å²) in [5, 5.41) is 9.06. The van der Waals surface area contributed by atoms with Gasteiger partial charge in [0.2, 0.25) is 0 Å². The average Bonchev–Trinajstić information content (AvgIpc) is 2.22. The van der Waals surface area contributed by atoms with Crippen LogP contribution in [0.5, 0.6) is 0 Å². The van der Waals surface area contributed by atoms with E-state index in [1.54, 1.807) is 0 Å². The van der Waals surface area contributed by atoms with Gasteiger partial charge in [-0.1, -0.05) is 19.3 Å². The monoisotopic (exact) mass is 203 g/mol. The number of hydrogen-bond donors (Lipinski definition) is 2. The van der Waals surface area contributed by atoms with Gasteiger partial charge in [-0.2, -0.15) is 0 Å². The molecule has 82 valence electrons. The molecule has 1 unspecified atom stereocenters. The van der Waals surface area contributed by atoms with Crippen molar-refractivity contribution in [1.29, 1.82) is 0 Å². The maximum absolute atomic E-state index is 12.9. The Morgan fingerprint density at radius 3 is 2.36 bits per heavy atom. The summed E-state index contributed by atoms with van der Waals surface area (Å²) in [5.74, 6) is -1.15. The third kappa shape index (κ3) is 1.90. The van der Waals surface area contributed by atoms with Crippen molar-refractivity contribution < 1.29 is 14.3 Å². The highest BCUT2D eigenvalue weighted by atomic mass is 19.1. The topological polar surface area (TPSA) is 63.3 Å². The second kappa shape index (κ2) is 4.73. The number of carbonyl (C=O) groups is 1. The molecule has 0 aromatic heterocycles. The summed E-state index contributed by atoms with van der Waals surface area (Å²) in [7, 11) is 0. The molecule has 0 radical (unpaired) electrons. The molecule has 0 bridgehead atoms. The Bertz CT molecular complexity index is 198. The lowest BCUT2D eigenvalue weighted by Crippen LogP contribution is -2.47. The van der Waals surface area contributed by atoms with Crippen LogP contribution in [-0.2, 0) is 4.79 Å². The number of halogens is 1. The third-order valence-electron chi connectivity index (χ3n) is 3.42. The van der Waals surface area contributed by atoms with Crippen LogP contribution in [0.3, 0.4) is 0 Å². The number of hydrogen-bond acceptors (Lipinski definition) is 2. The number of carboxylic acids is 1. The number of carboxylic acid groups (broad SMARTS) is 1. The second-order valence-electron chi connectivity index (χ2n) is 4.13. The highest BCUT2D eigenvalue weighted by Gasteiger charge is 2.45. The summed E-state index contributed by atoms with van der Waals surface area (Å²) in [5.41, 5.74) is 4.11. The fourth-order valence-corrected chi connectivity index (χ4v) is 2.30. The van der Waals surface area contributed by atoms with Crippen molar-refractivity contribution in [2.75, 3.05) is 13.2 Å². The molecular weight excluding hydrogens is 185 g/mol. The van der Waals surface area contributed by atoms with Crippen LogP contribution in [0.25, 0.3) is 0 Å². The summed E-state index contributed by atoms with van der Waals surface area (Å²) < 4.78 is 12.9. The molecule has 0 aromatic carbocycles. The van der Waals surface area contributed by atoms with E-state index in [9.17, 15) is 9.18 Å². The molecule has 4 heteroatoms. The minimum Gasteiger partial charge on any atom is -0.481 e. The van der Waals surface area contributed by atoms with Gasteiger partial charge in [-0.05, 0) is 18.8 Å². The van der Waals surface area contributed by atoms with Crippen LogP contribution >= 0.6 is 0 Å². The molecule has 0 heterocycles. The Kier molecular flexibility index (Phi) is 3.86. The lowest BCUT2D eigenvalue weighted by Gasteiger charge is -2.36. The van der Waals surface area contributed by atoms with Crippen molar-refractivity contribution in [3.8, 4) is 0 Å². The summed E-state index contributed by atoms with van der Waals surface area (Å²) in [4.78, 5) is 11.1. The molecule has 0 aliphatic heterocycles. The normalized spacial score (nSPS) is 23.0. The van der Waals surface area contributed by atoms with Crippen LogP contribution < -0.4 is 5.73 Å². The van der Waals surface area contributed by atoms with Gasteiger partial charge in [0, 0.05) is 6.54 Å². The number of nitrogens with two attached hydrogens (primary N) is 1. The maximum atomic E-state index is 12.9. The van der Waals surface area contributed by atoms with Gasteiger partial charge in [0.1, 0.15) is 12.1 Å². The first-order chi connectivity index (χ1) is 6.67. The van der Waals surface area contributed by atoms with Crippen LogP contribution in [0.4, 0.5) is 4.39 Å². The first-order valence-corrected chi connectivity index (χ1v) is 5.17. The molecule has 0 spiro atoms. The summed E-state index contributed by atoms with van der Waals surface area (Å²) in [6.45, 7) is -0.938. The highest BCUT2D eigenvalue weighted by molar-refractivity contribution is 5.75. The zero-order valence-electron chi connectivity index (χ0n) is 8.34. The SMILES string of the molecule is NCC(CF)(C(=O)O)C1CCCCC1. The molecule has 0 amide bonds. The zero-order chi connectivity index (χ0) is 10.6. The zero-order valence-corrected chi connectivity index (χ0v) is 8.34. The molecular formula is C10H18FNO2. The van der Waals surface area contributed by atoms with E-state index in [2.05, 4.69) is 0 Å². The van der Waals surface area contributed by atoms with Gasteiger partial charge >= 0.3 is 5.97 Å². The van der Waals surface area contributed by atoms with Crippen LogP contribution in [0, 0.1) is 11.3 Å². The number of aliphatic carboxylic acids is 1. The van der Waals surface area contributed by atoms with Gasteiger partial charge in [0.15, 0.2) is 0 Å². The van der Waals surface area contributed by atoms with Crippen LogP contribution in [0.1, 0.15) is 32.1 Å². The Morgan fingerprint density at radius 1 is 1.43 bits per heavy atom. The molecule has 3 nitrogen and oxygen atoms in total. The van der Waals surface area contributed by atoms with E-state index < -0.39 is 18.1 Å². The van der Waals surface area contributed by atoms with E-state index >= 15 is 0 Å². The van der Waals surface area contributed by atoms with Crippen LogP contribution in [-0.4, -0.2) is 24.3 Å². The largest absolute Gasteiger partial charge is 0.481 e. The standard InChI is InChI=1S/C10H18FNO2/c11-6-10(7-12,9(13)14)8-4-2-1-3-5-8/h8H,1-7,12H2,(H,13,14). The molecule has 1 fully saturated rings. The lowest BCUT2D eigenvalue weighted by molar-refractivity contribution is -0.154. The van der Waals surface area contributed by atoms with Crippen molar-refractivity contribution in [1.82, 2.24) is 0 Å². The molecule has 0 aromatic rings. The van der Waals surface area contributed by atoms with E-state index in [1.807, 2.05) is 0 Å². The smallest absolute Gasteiger partial charge is 0.313 e. The fourth-order valence-electron chi connectivity index (χ4n) is 2.30. The average molecular weight is 203 g/mol. The van der Waals surface area contributed by atoms with E-state index in [4.69, 9.17) is 10.8 Å². The van der Waals surface area contributed by atoms with Crippen LogP contribution in [0.15, 0.2) is 0 Å². The Labute approximate surface area is 83.5 Å². The summed E-state index contributed by atoms with van der Waals surface area (Å²) in [6.07, 6.45) is 4.73. The van der Waals surface area contributed by atoms with Crippen molar-refractivity contribution in [3.63, 3.8) is 0 Å². The molecule has 1 rings (SSSR count). The van der Waals surface area contributed by atoms with E-state index in [0.717, 1.165) is 32.1 Å². The summed E-state index contributed by atoms with van der Waals surface area (Å²) in [6, 6.07) is 0. The second-order valence-corrected chi connectivity index (χ2v) is 4.13. The Hall–Kier alpha value is -0.640. The molecule has 14 heavy (non-hydrogen) atoms. The van der Waals surface area contributed by atoms with Crippen LogP contribution in [0.2, 0.25) is 0 Å². The quantitative estimate of drug-likeness (QED) is 0.729. The minimum atomic E-state index is -1.32. The summed E-state index contributed by atoms with van der Waals surface area (Å²) >= 11 is 0. The van der Waals surface area contributed by atoms with Crippen molar-refractivity contribution in [2.24, 2.45) is 17.1 Å².